The number of benzene rings is 1. The van der Waals surface area contributed by atoms with Crippen LogP contribution in [0.25, 0.3) is 33.4 Å². The first kappa shape index (κ1) is 22.1. The van der Waals surface area contributed by atoms with Crippen LogP contribution in [0.1, 0.15) is 32.2 Å². The molecule has 0 fully saturated rings. The number of aromatic amines is 1. The van der Waals surface area contributed by atoms with E-state index in [-0.39, 0.29) is 11.2 Å². The number of nitrogens with one attached hydrogen (secondary N) is 2. The number of furan rings is 1. The van der Waals surface area contributed by atoms with Crippen molar-refractivity contribution in [1.82, 2.24) is 29.8 Å². The molecule has 0 radical (unpaired) electrons. The maximum absolute atomic E-state index is 14.1. The second-order valence-corrected chi connectivity index (χ2v) is 9.70. The number of aromatic nitrogens is 5. The highest BCUT2D eigenvalue weighted by atomic mass is 19.1. The van der Waals surface area contributed by atoms with Gasteiger partial charge in [-0.1, -0.05) is 20.8 Å². The number of halogens is 1. The zero-order valence-corrected chi connectivity index (χ0v) is 19.5. The van der Waals surface area contributed by atoms with E-state index in [1.54, 1.807) is 6.26 Å². The third-order valence-electron chi connectivity index (χ3n) is 5.75. The van der Waals surface area contributed by atoms with E-state index in [0.717, 1.165) is 40.2 Å². The molecule has 176 valence electrons. The van der Waals surface area contributed by atoms with Crippen LogP contribution in [0.3, 0.4) is 0 Å². The normalized spacial score (nSPS) is 12.2. The Morgan fingerprint density at radius 3 is 2.79 bits per heavy atom. The first-order valence-corrected chi connectivity index (χ1v) is 11.3. The number of rotatable bonds is 7. The Morgan fingerprint density at radius 1 is 1.18 bits per heavy atom. The lowest BCUT2D eigenvalue weighted by Crippen LogP contribution is -2.30. The summed E-state index contributed by atoms with van der Waals surface area (Å²) in [5.74, 6) is 1.55. The first-order valence-electron chi connectivity index (χ1n) is 11.3. The lowest BCUT2D eigenvalue weighted by atomic mass is 9.97. The molecule has 0 aliphatic heterocycles. The predicted octanol–water partition coefficient (Wildman–Crippen LogP) is 4.52. The summed E-state index contributed by atoms with van der Waals surface area (Å²) in [5.41, 5.74) is 10.0. The van der Waals surface area contributed by atoms with E-state index in [4.69, 9.17) is 15.1 Å². The number of imidazole rings is 1. The first-order chi connectivity index (χ1) is 16.3. The fourth-order valence-electron chi connectivity index (χ4n) is 4.19. The molecule has 0 aliphatic carbocycles. The van der Waals surface area contributed by atoms with Crippen molar-refractivity contribution in [3.63, 3.8) is 0 Å². The summed E-state index contributed by atoms with van der Waals surface area (Å²) in [6.07, 6.45) is 3.21. The number of anilines is 1. The minimum absolute atomic E-state index is 0.0393. The van der Waals surface area contributed by atoms with Crippen molar-refractivity contribution in [3.8, 4) is 11.3 Å². The summed E-state index contributed by atoms with van der Waals surface area (Å²) in [5, 5.41) is 4.56. The molecule has 5 rings (SSSR count). The molecule has 4 aromatic heterocycles. The van der Waals surface area contributed by atoms with Gasteiger partial charge in [0.2, 0.25) is 0 Å². The Bertz CT molecular complexity index is 1440. The average molecular weight is 462 g/mol. The van der Waals surface area contributed by atoms with Crippen molar-refractivity contribution in [2.75, 3.05) is 18.8 Å². The van der Waals surface area contributed by atoms with Crippen molar-refractivity contribution < 1.29 is 8.81 Å². The van der Waals surface area contributed by atoms with Gasteiger partial charge < -0.3 is 25.0 Å². The molecule has 0 saturated heterocycles. The van der Waals surface area contributed by atoms with E-state index in [0.29, 0.717) is 30.7 Å². The average Bonchev–Trinajstić information content (AvgIpc) is 3.50. The zero-order valence-electron chi connectivity index (χ0n) is 19.5. The molecule has 0 unspecified atom stereocenters. The zero-order chi connectivity index (χ0) is 23.9. The van der Waals surface area contributed by atoms with Crippen LogP contribution in [0.5, 0.6) is 0 Å². The van der Waals surface area contributed by atoms with Crippen LogP contribution in [0.2, 0.25) is 0 Å². The van der Waals surface area contributed by atoms with E-state index >= 15 is 0 Å². The fourth-order valence-corrected chi connectivity index (χ4v) is 4.19. The number of nitrogens with zero attached hydrogens (tertiary/aromatic N) is 4. The molecule has 0 atom stereocenters. The van der Waals surface area contributed by atoms with Gasteiger partial charge in [0, 0.05) is 43.3 Å². The van der Waals surface area contributed by atoms with Gasteiger partial charge in [0.15, 0.2) is 17.0 Å². The topological polar surface area (TPSA) is 111 Å². The highest BCUT2D eigenvalue weighted by Gasteiger charge is 2.20. The van der Waals surface area contributed by atoms with Gasteiger partial charge in [-0.25, -0.2) is 4.98 Å². The molecule has 5 aromatic rings. The number of hydrogen-bond acceptors (Lipinski definition) is 6. The SMILES string of the molecule is CC(C)(C)CNCCn1c(Cc2cc3cc[nH]c3cc2-c2ccco2)nc2c(N)nc(F)nc21. The molecular formula is C25H28FN7O. The molecule has 9 heteroatoms. The Labute approximate surface area is 196 Å². The Kier molecular flexibility index (Phi) is 5.57. The van der Waals surface area contributed by atoms with Crippen molar-refractivity contribution in [1.29, 1.82) is 0 Å². The van der Waals surface area contributed by atoms with Crippen molar-refractivity contribution in [2.45, 2.75) is 33.7 Å². The van der Waals surface area contributed by atoms with Crippen LogP contribution in [0.15, 0.2) is 47.2 Å². The van der Waals surface area contributed by atoms with Crippen LogP contribution in [0, 0.1) is 11.5 Å². The van der Waals surface area contributed by atoms with Crippen LogP contribution >= 0.6 is 0 Å². The van der Waals surface area contributed by atoms with E-state index in [2.05, 4.69) is 53.2 Å². The summed E-state index contributed by atoms with van der Waals surface area (Å²) in [6, 6.07) is 10.0. The summed E-state index contributed by atoms with van der Waals surface area (Å²) in [6.45, 7) is 8.63. The largest absolute Gasteiger partial charge is 0.464 e. The predicted molar refractivity (Wildman–Crippen MR) is 131 cm³/mol. The number of nitrogen functional groups attached to an aromatic ring is 1. The molecule has 4 heterocycles. The molecular weight excluding hydrogens is 433 g/mol. The number of hydrogen-bond donors (Lipinski definition) is 3. The standard InChI is InChI=1S/C25H28FN7O/c1-25(2,3)14-28-8-9-33-20(30-21-22(27)31-24(26)32-23(21)33)12-16-11-15-6-7-29-18(15)13-17(16)19-5-4-10-34-19/h4-7,10-11,13,28-29H,8-9,12,14H2,1-3H3,(H2,27,31,32). The van der Waals surface area contributed by atoms with E-state index in [1.165, 1.54) is 0 Å². The summed E-state index contributed by atoms with van der Waals surface area (Å²) >= 11 is 0. The van der Waals surface area contributed by atoms with Crippen LogP contribution in [-0.2, 0) is 13.0 Å². The van der Waals surface area contributed by atoms with Crippen molar-refractivity contribution in [2.24, 2.45) is 5.41 Å². The fraction of sp³-hybridized carbons (Fsp3) is 0.320. The monoisotopic (exact) mass is 461 g/mol. The quantitative estimate of drug-likeness (QED) is 0.243. The van der Waals surface area contributed by atoms with E-state index in [1.807, 2.05) is 29.0 Å². The molecule has 4 N–H and O–H groups in total. The summed E-state index contributed by atoms with van der Waals surface area (Å²) in [4.78, 5) is 15.7. The number of nitrogens with two attached hydrogens (primary N) is 1. The molecule has 8 nitrogen and oxygen atoms in total. The van der Waals surface area contributed by atoms with Gasteiger partial charge in [0.25, 0.3) is 0 Å². The minimum Gasteiger partial charge on any atom is -0.464 e. The second kappa shape index (κ2) is 8.57. The van der Waals surface area contributed by atoms with Crippen LogP contribution < -0.4 is 11.1 Å². The Balaban J connectivity index is 1.56. The molecule has 0 saturated carbocycles. The maximum Gasteiger partial charge on any atom is 0.312 e. The van der Waals surface area contributed by atoms with Crippen molar-refractivity contribution in [3.05, 3.63) is 60.3 Å². The number of H-pyrrole nitrogens is 1. The maximum atomic E-state index is 14.1. The van der Waals surface area contributed by atoms with Crippen molar-refractivity contribution >= 4 is 27.9 Å². The highest BCUT2D eigenvalue weighted by molar-refractivity contribution is 5.86. The van der Waals surface area contributed by atoms with Crippen LogP contribution in [0.4, 0.5) is 10.2 Å². The minimum atomic E-state index is -0.856. The molecule has 0 amide bonds. The smallest absolute Gasteiger partial charge is 0.312 e. The lowest BCUT2D eigenvalue weighted by Gasteiger charge is -2.19. The molecule has 0 spiro atoms. The van der Waals surface area contributed by atoms with Gasteiger partial charge in [0.05, 0.1) is 6.26 Å². The summed E-state index contributed by atoms with van der Waals surface area (Å²) < 4.78 is 21.7. The number of fused-ring (bicyclic) bond motifs is 2. The third kappa shape index (κ3) is 4.38. The van der Waals surface area contributed by atoms with E-state index in [9.17, 15) is 4.39 Å². The van der Waals surface area contributed by atoms with Crippen LogP contribution in [-0.4, -0.2) is 37.6 Å². The van der Waals surface area contributed by atoms with Gasteiger partial charge in [-0.05, 0) is 46.7 Å². The molecule has 0 aliphatic rings. The Hall–Kier alpha value is -3.72. The lowest BCUT2D eigenvalue weighted by molar-refractivity contribution is 0.375. The molecule has 1 aromatic carbocycles. The second-order valence-electron chi connectivity index (χ2n) is 9.70. The van der Waals surface area contributed by atoms with Gasteiger partial charge in [-0.2, -0.15) is 14.4 Å². The summed E-state index contributed by atoms with van der Waals surface area (Å²) in [7, 11) is 0. The van der Waals surface area contributed by atoms with Gasteiger partial charge >= 0.3 is 6.08 Å². The van der Waals surface area contributed by atoms with Gasteiger partial charge in [0.1, 0.15) is 11.6 Å². The third-order valence-corrected chi connectivity index (χ3v) is 5.75. The molecule has 0 bridgehead atoms. The Morgan fingerprint density at radius 2 is 2.03 bits per heavy atom. The van der Waals surface area contributed by atoms with Gasteiger partial charge in [-0.3, -0.25) is 0 Å². The highest BCUT2D eigenvalue weighted by Crippen LogP contribution is 2.31. The molecule has 34 heavy (non-hydrogen) atoms. The van der Waals surface area contributed by atoms with Gasteiger partial charge in [-0.15, -0.1) is 0 Å². The van der Waals surface area contributed by atoms with E-state index < -0.39 is 6.08 Å².